The van der Waals surface area contributed by atoms with Gasteiger partial charge in [-0.25, -0.2) is 0 Å². The lowest BCUT2D eigenvalue weighted by Gasteiger charge is -2.27. The third-order valence-corrected chi connectivity index (χ3v) is 5.46. The zero-order valence-corrected chi connectivity index (χ0v) is 16.3. The van der Waals surface area contributed by atoms with Crippen LogP contribution in [0.1, 0.15) is 44.7 Å². The standard InChI is InChI=1S/C22H22N4O4/c23-12-14-6-4-13(5-7-14)10-11-24-16-3-1-2-15-19(16)22(30)26(21(15)29)17-8-9-18(27)25-20(17)28/h1-7,17,24H,8-12,23H2,(H,25,27,28). The summed E-state index contributed by atoms with van der Waals surface area (Å²) in [7, 11) is 0. The minimum Gasteiger partial charge on any atom is -0.384 e. The van der Waals surface area contributed by atoms with E-state index >= 15 is 0 Å². The van der Waals surface area contributed by atoms with Gasteiger partial charge < -0.3 is 11.1 Å². The molecular weight excluding hydrogens is 384 g/mol. The molecule has 0 radical (unpaired) electrons. The first-order chi connectivity index (χ1) is 14.5. The third-order valence-electron chi connectivity index (χ3n) is 5.46. The van der Waals surface area contributed by atoms with E-state index in [1.807, 2.05) is 24.3 Å². The molecule has 1 fully saturated rings. The number of rotatable bonds is 6. The number of imide groups is 2. The normalized spacial score (nSPS) is 18.4. The molecule has 1 unspecified atom stereocenters. The van der Waals surface area contributed by atoms with Crippen LogP contribution in [0, 0.1) is 0 Å². The van der Waals surface area contributed by atoms with E-state index < -0.39 is 29.7 Å². The maximum absolute atomic E-state index is 13.0. The molecule has 8 heteroatoms. The second-order valence-corrected chi connectivity index (χ2v) is 7.37. The minimum absolute atomic E-state index is 0.0951. The molecule has 0 spiro atoms. The Morgan fingerprint density at radius 2 is 1.73 bits per heavy atom. The molecule has 30 heavy (non-hydrogen) atoms. The van der Waals surface area contributed by atoms with Crippen molar-refractivity contribution in [3.8, 4) is 0 Å². The van der Waals surface area contributed by atoms with Crippen molar-refractivity contribution in [2.24, 2.45) is 5.73 Å². The fraction of sp³-hybridized carbons (Fsp3) is 0.273. The van der Waals surface area contributed by atoms with Gasteiger partial charge in [0.2, 0.25) is 11.8 Å². The lowest BCUT2D eigenvalue weighted by molar-refractivity contribution is -0.136. The summed E-state index contributed by atoms with van der Waals surface area (Å²) < 4.78 is 0. The van der Waals surface area contributed by atoms with Gasteiger partial charge >= 0.3 is 0 Å². The average Bonchev–Trinajstić information content (AvgIpc) is 3.00. The van der Waals surface area contributed by atoms with Crippen molar-refractivity contribution >= 4 is 29.3 Å². The molecule has 2 heterocycles. The number of carbonyl (C=O) groups is 4. The summed E-state index contributed by atoms with van der Waals surface area (Å²) in [5.74, 6) is -2.03. The van der Waals surface area contributed by atoms with Crippen molar-refractivity contribution in [1.29, 1.82) is 0 Å². The fourth-order valence-electron chi connectivity index (χ4n) is 3.85. The predicted molar refractivity (Wildman–Crippen MR) is 110 cm³/mol. The van der Waals surface area contributed by atoms with Crippen LogP contribution in [0.5, 0.6) is 0 Å². The predicted octanol–water partition coefficient (Wildman–Crippen LogP) is 1.20. The summed E-state index contributed by atoms with van der Waals surface area (Å²) in [6.07, 6.45) is 0.961. The molecule has 2 aliphatic heterocycles. The van der Waals surface area contributed by atoms with Crippen molar-refractivity contribution in [1.82, 2.24) is 10.2 Å². The first-order valence-electron chi connectivity index (χ1n) is 9.86. The minimum atomic E-state index is -0.969. The molecule has 8 nitrogen and oxygen atoms in total. The topological polar surface area (TPSA) is 122 Å². The Hall–Kier alpha value is -3.52. The smallest absolute Gasteiger partial charge is 0.264 e. The van der Waals surface area contributed by atoms with E-state index in [2.05, 4.69) is 10.6 Å². The summed E-state index contributed by atoms with van der Waals surface area (Å²) >= 11 is 0. The van der Waals surface area contributed by atoms with Crippen LogP contribution in [0.4, 0.5) is 5.69 Å². The van der Waals surface area contributed by atoms with Gasteiger partial charge in [-0.15, -0.1) is 0 Å². The second kappa shape index (κ2) is 8.08. The number of hydrogen-bond donors (Lipinski definition) is 3. The Labute approximate surface area is 173 Å². The molecular formula is C22H22N4O4. The summed E-state index contributed by atoms with van der Waals surface area (Å²) in [5, 5.41) is 5.44. The number of amides is 4. The molecule has 4 amide bonds. The van der Waals surface area contributed by atoms with E-state index in [1.165, 1.54) is 0 Å². The Morgan fingerprint density at radius 3 is 2.43 bits per heavy atom. The second-order valence-electron chi connectivity index (χ2n) is 7.37. The molecule has 0 aromatic heterocycles. The average molecular weight is 406 g/mol. The first kappa shape index (κ1) is 19.8. The van der Waals surface area contributed by atoms with Crippen molar-refractivity contribution in [3.05, 3.63) is 64.7 Å². The van der Waals surface area contributed by atoms with Gasteiger partial charge in [-0.2, -0.15) is 0 Å². The van der Waals surface area contributed by atoms with Gasteiger partial charge in [0.05, 0.1) is 11.1 Å². The van der Waals surface area contributed by atoms with Crippen LogP contribution >= 0.6 is 0 Å². The molecule has 154 valence electrons. The van der Waals surface area contributed by atoms with E-state index in [0.717, 1.165) is 22.4 Å². The van der Waals surface area contributed by atoms with Gasteiger partial charge in [-0.05, 0) is 36.1 Å². The summed E-state index contributed by atoms with van der Waals surface area (Å²) in [4.78, 5) is 50.5. The number of anilines is 1. The lowest BCUT2D eigenvalue weighted by atomic mass is 10.0. The summed E-state index contributed by atoms with van der Waals surface area (Å²) in [5.41, 5.74) is 8.89. The molecule has 2 aromatic carbocycles. The van der Waals surface area contributed by atoms with Gasteiger partial charge in [-0.3, -0.25) is 29.4 Å². The van der Waals surface area contributed by atoms with Gasteiger partial charge in [0, 0.05) is 25.2 Å². The van der Waals surface area contributed by atoms with Crippen molar-refractivity contribution in [3.63, 3.8) is 0 Å². The van der Waals surface area contributed by atoms with E-state index in [1.54, 1.807) is 18.2 Å². The highest BCUT2D eigenvalue weighted by atomic mass is 16.2. The monoisotopic (exact) mass is 406 g/mol. The number of piperidine rings is 1. The van der Waals surface area contributed by atoms with Crippen LogP contribution in [0.25, 0.3) is 0 Å². The molecule has 2 aliphatic rings. The van der Waals surface area contributed by atoms with E-state index in [0.29, 0.717) is 18.8 Å². The van der Waals surface area contributed by atoms with E-state index in [4.69, 9.17) is 5.73 Å². The highest BCUT2D eigenvalue weighted by molar-refractivity contribution is 6.25. The van der Waals surface area contributed by atoms with Crippen LogP contribution in [0.15, 0.2) is 42.5 Å². The SMILES string of the molecule is NCc1ccc(CCNc2cccc3c2C(=O)N(C2CCC(=O)NC2=O)C3=O)cc1. The molecule has 4 rings (SSSR count). The van der Waals surface area contributed by atoms with E-state index in [9.17, 15) is 19.2 Å². The molecule has 0 aliphatic carbocycles. The van der Waals surface area contributed by atoms with Gasteiger partial charge in [-0.1, -0.05) is 30.3 Å². The highest BCUT2D eigenvalue weighted by Crippen LogP contribution is 2.32. The Kier molecular flexibility index (Phi) is 5.33. The summed E-state index contributed by atoms with van der Waals surface area (Å²) in [6.45, 7) is 1.06. The zero-order valence-electron chi connectivity index (χ0n) is 16.3. The van der Waals surface area contributed by atoms with Gasteiger partial charge in [0.25, 0.3) is 11.8 Å². The highest BCUT2D eigenvalue weighted by Gasteiger charge is 2.45. The number of nitrogens with two attached hydrogens (primary N) is 1. The number of hydrogen-bond acceptors (Lipinski definition) is 6. The Morgan fingerprint density at radius 1 is 1.00 bits per heavy atom. The largest absolute Gasteiger partial charge is 0.384 e. The number of nitrogens with one attached hydrogen (secondary N) is 2. The fourth-order valence-corrected chi connectivity index (χ4v) is 3.85. The Bertz CT molecular complexity index is 1030. The number of nitrogens with zero attached hydrogens (tertiary/aromatic N) is 1. The maximum Gasteiger partial charge on any atom is 0.264 e. The molecule has 4 N–H and O–H groups in total. The zero-order chi connectivity index (χ0) is 21.3. The van der Waals surface area contributed by atoms with Crippen LogP contribution in [-0.4, -0.2) is 41.1 Å². The van der Waals surface area contributed by atoms with Gasteiger partial charge in [0.1, 0.15) is 6.04 Å². The number of fused-ring (bicyclic) bond motifs is 1. The van der Waals surface area contributed by atoms with Crippen LogP contribution in [0.3, 0.4) is 0 Å². The van der Waals surface area contributed by atoms with Crippen LogP contribution < -0.4 is 16.4 Å². The quantitative estimate of drug-likeness (QED) is 0.620. The number of benzene rings is 2. The first-order valence-corrected chi connectivity index (χ1v) is 9.86. The molecule has 0 bridgehead atoms. The molecule has 1 saturated heterocycles. The summed E-state index contributed by atoms with van der Waals surface area (Å²) in [6, 6.07) is 12.1. The lowest BCUT2D eigenvalue weighted by Crippen LogP contribution is -2.54. The van der Waals surface area contributed by atoms with Crippen LogP contribution in [-0.2, 0) is 22.6 Å². The molecule has 1 atom stereocenters. The van der Waals surface area contributed by atoms with Crippen LogP contribution in [0.2, 0.25) is 0 Å². The molecule has 0 saturated carbocycles. The van der Waals surface area contributed by atoms with Gasteiger partial charge in [0.15, 0.2) is 0 Å². The van der Waals surface area contributed by atoms with Crippen molar-refractivity contribution in [2.75, 3.05) is 11.9 Å². The van der Waals surface area contributed by atoms with Crippen molar-refractivity contribution in [2.45, 2.75) is 31.8 Å². The third kappa shape index (κ3) is 3.57. The molecule has 2 aromatic rings. The Balaban J connectivity index is 1.50. The maximum atomic E-state index is 13.0. The van der Waals surface area contributed by atoms with E-state index in [-0.39, 0.29) is 24.0 Å². The van der Waals surface area contributed by atoms with Crippen molar-refractivity contribution < 1.29 is 19.2 Å². The number of carbonyl (C=O) groups excluding carboxylic acids is 4.